The first-order chi connectivity index (χ1) is 9.00. The molecule has 1 saturated heterocycles. The molecular formula is C12H14ClF2N3O. The monoisotopic (exact) mass is 289 g/mol. The van der Waals surface area contributed by atoms with Crippen molar-refractivity contribution in [1.82, 2.24) is 10.4 Å². The molecular weight excluding hydrogens is 276 g/mol. The third-order valence-corrected chi connectivity index (χ3v) is 3.07. The number of likely N-dealkylation sites (tertiary alicyclic amines) is 1. The summed E-state index contributed by atoms with van der Waals surface area (Å²) in [5, 5.41) is 9.57. The fourth-order valence-corrected chi connectivity index (χ4v) is 2.17. The van der Waals surface area contributed by atoms with Crippen LogP contribution in [0.5, 0.6) is 0 Å². The number of alkyl halides is 2. The third-order valence-electron chi connectivity index (χ3n) is 2.84. The summed E-state index contributed by atoms with van der Waals surface area (Å²) >= 11 is 5.82. The second kappa shape index (κ2) is 5.71. The molecule has 4 nitrogen and oxygen atoms in total. The van der Waals surface area contributed by atoms with Crippen molar-refractivity contribution in [3.63, 3.8) is 0 Å². The van der Waals surface area contributed by atoms with Crippen molar-refractivity contribution in [1.29, 1.82) is 0 Å². The number of nitrogens with zero attached hydrogens (tertiary/aromatic N) is 2. The topological polar surface area (TPSA) is 47.9 Å². The van der Waals surface area contributed by atoms with Crippen LogP contribution < -0.4 is 5.48 Å². The van der Waals surface area contributed by atoms with Crippen molar-refractivity contribution < 1.29 is 14.0 Å². The lowest BCUT2D eigenvalue weighted by molar-refractivity contribution is -0.0490. The fourth-order valence-electron chi connectivity index (χ4n) is 1.98. The summed E-state index contributed by atoms with van der Waals surface area (Å²) in [5.41, 5.74) is 2.36. The SMILES string of the molecule is ONC(=Nc1cccc(Cl)c1)N1CCCC(F)(F)C1. The standard InChI is InChI=1S/C12H14ClF2N3O/c13-9-3-1-4-10(7-9)16-11(17-19)18-6-2-5-12(14,15)8-18/h1,3-4,7,19H,2,5-6,8H2,(H,16,17). The second-order valence-electron chi connectivity index (χ2n) is 4.41. The Labute approximate surface area is 114 Å². The van der Waals surface area contributed by atoms with Crippen molar-refractivity contribution in [2.75, 3.05) is 13.1 Å². The lowest BCUT2D eigenvalue weighted by atomic mass is 10.1. The second-order valence-corrected chi connectivity index (χ2v) is 4.84. The highest BCUT2D eigenvalue weighted by molar-refractivity contribution is 6.30. The molecule has 1 aromatic carbocycles. The van der Waals surface area contributed by atoms with E-state index < -0.39 is 12.5 Å². The van der Waals surface area contributed by atoms with Crippen LogP contribution in [0, 0.1) is 0 Å². The molecule has 0 atom stereocenters. The third kappa shape index (κ3) is 3.78. The number of hydrogen-bond donors (Lipinski definition) is 2. The zero-order valence-corrected chi connectivity index (χ0v) is 10.9. The molecule has 0 spiro atoms. The normalized spacial score (nSPS) is 19.4. The number of benzene rings is 1. The summed E-state index contributed by atoms with van der Waals surface area (Å²) in [6.07, 6.45) is 0.211. The Kier molecular flexibility index (Phi) is 4.21. The number of hydroxylamine groups is 1. The van der Waals surface area contributed by atoms with Crippen molar-refractivity contribution in [2.45, 2.75) is 18.8 Å². The van der Waals surface area contributed by atoms with Gasteiger partial charge < -0.3 is 4.90 Å². The molecule has 1 heterocycles. The number of rotatable bonds is 1. The van der Waals surface area contributed by atoms with Crippen LogP contribution >= 0.6 is 11.6 Å². The van der Waals surface area contributed by atoms with Gasteiger partial charge in [0, 0.05) is 18.0 Å². The molecule has 1 aromatic rings. The van der Waals surface area contributed by atoms with E-state index in [-0.39, 0.29) is 12.4 Å². The molecule has 0 radical (unpaired) electrons. The fraction of sp³-hybridized carbons (Fsp3) is 0.417. The Morgan fingerprint density at radius 3 is 2.89 bits per heavy atom. The van der Waals surface area contributed by atoms with Gasteiger partial charge in [0.15, 0.2) is 0 Å². The number of nitrogens with one attached hydrogen (secondary N) is 1. The maximum atomic E-state index is 13.3. The van der Waals surface area contributed by atoms with Gasteiger partial charge in [-0.2, -0.15) is 0 Å². The van der Waals surface area contributed by atoms with E-state index in [2.05, 4.69) is 4.99 Å². The number of hydrogen-bond acceptors (Lipinski definition) is 2. The van der Waals surface area contributed by atoms with Gasteiger partial charge in [-0.25, -0.2) is 19.3 Å². The van der Waals surface area contributed by atoms with E-state index in [0.717, 1.165) is 0 Å². The van der Waals surface area contributed by atoms with Gasteiger partial charge >= 0.3 is 0 Å². The van der Waals surface area contributed by atoms with Crippen LogP contribution in [0.15, 0.2) is 29.3 Å². The maximum Gasteiger partial charge on any atom is 0.265 e. The number of guanidine groups is 1. The van der Waals surface area contributed by atoms with Crippen molar-refractivity contribution in [3.05, 3.63) is 29.3 Å². The van der Waals surface area contributed by atoms with Gasteiger partial charge in [-0.15, -0.1) is 0 Å². The Morgan fingerprint density at radius 1 is 1.47 bits per heavy atom. The highest BCUT2D eigenvalue weighted by Crippen LogP contribution is 2.27. The lowest BCUT2D eigenvalue weighted by Gasteiger charge is -2.33. The minimum absolute atomic E-state index is 0.00152. The summed E-state index contributed by atoms with van der Waals surface area (Å²) in [5.74, 6) is -2.76. The first-order valence-corrected chi connectivity index (χ1v) is 6.25. The molecule has 19 heavy (non-hydrogen) atoms. The van der Waals surface area contributed by atoms with Crippen molar-refractivity contribution >= 4 is 23.2 Å². The smallest absolute Gasteiger partial charge is 0.265 e. The van der Waals surface area contributed by atoms with Gasteiger partial charge in [-0.05, 0) is 24.6 Å². The molecule has 1 fully saturated rings. The molecule has 0 bridgehead atoms. The van der Waals surface area contributed by atoms with E-state index in [9.17, 15) is 8.78 Å². The molecule has 2 N–H and O–H groups in total. The van der Waals surface area contributed by atoms with Crippen LogP contribution in [0.1, 0.15) is 12.8 Å². The largest absolute Gasteiger partial charge is 0.335 e. The summed E-state index contributed by atoms with van der Waals surface area (Å²) in [6.45, 7) is -0.0392. The minimum atomic E-state index is -2.76. The Balaban J connectivity index is 2.19. The van der Waals surface area contributed by atoms with E-state index in [1.54, 1.807) is 24.3 Å². The number of aliphatic imine (C=N–C) groups is 1. The molecule has 0 aromatic heterocycles. The van der Waals surface area contributed by atoms with Crippen molar-refractivity contribution in [3.8, 4) is 0 Å². The summed E-state index contributed by atoms with van der Waals surface area (Å²) < 4.78 is 26.7. The zero-order chi connectivity index (χ0) is 13.9. The number of piperidine rings is 1. The van der Waals surface area contributed by atoms with Gasteiger partial charge in [0.25, 0.3) is 5.92 Å². The Bertz CT molecular complexity index is 482. The van der Waals surface area contributed by atoms with Crippen molar-refractivity contribution in [2.24, 2.45) is 4.99 Å². The highest BCUT2D eigenvalue weighted by atomic mass is 35.5. The van der Waals surface area contributed by atoms with Crippen LogP contribution in [-0.4, -0.2) is 35.1 Å². The van der Waals surface area contributed by atoms with E-state index in [4.69, 9.17) is 16.8 Å². The predicted octanol–water partition coefficient (Wildman–Crippen LogP) is 3.04. The summed E-state index contributed by atoms with van der Waals surface area (Å²) in [6, 6.07) is 6.63. The molecule has 1 aliphatic heterocycles. The predicted molar refractivity (Wildman–Crippen MR) is 69.2 cm³/mol. The van der Waals surface area contributed by atoms with Crippen LogP contribution in [-0.2, 0) is 0 Å². The Hall–Kier alpha value is -1.40. The molecule has 0 aliphatic carbocycles. The maximum absolute atomic E-state index is 13.3. The van der Waals surface area contributed by atoms with Gasteiger partial charge in [0.2, 0.25) is 5.96 Å². The van der Waals surface area contributed by atoms with Crippen LogP contribution in [0.4, 0.5) is 14.5 Å². The number of halogens is 3. The van der Waals surface area contributed by atoms with Crippen LogP contribution in [0.2, 0.25) is 5.02 Å². The molecule has 1 aliphatic rings. The van der Waals surface area contributed by atoms with Crippen LogP contribution in [0.25, 0.3) is 0 Å². The lowest BCUT2D eigenvalue weighted by Crippen LogP contribution is -2.49. The molecule has 104 valence electrons. The van der Waals surface area contributed by atoms with E-state index in [0.29, 0.717) is 23.7 Å². The first-order valence-electron chi connectivity index (χ1n) is 5.87. The average molecular weight is 290 g/mol. The van der Waals surface area contributed by atoms with Gasteiger partial charge in [-0.1, -0.05) is 17.7 Å². The van der Waals surface area contributed by atoms with E-state index >= 15 is 0 Å². The van der Waals surface area contributed by atoms with E-state index in [1.165, 1.54) is 4.90 Å². The Morgan fingerprint density at radius 2 is 2.26 bits per heavy atom. The molecule has 0 saturated carbocycles. The highest BCUT2D eigenvalue weighted by Gasteiger charge is 2.36. The first kappa shape index (κ1) is 14.0. The minimum Gasteiger partial charge on any atom is -0.335 e. The molecule has 0 unspecified atom stereocenters. The zero-order valence-electron chi connectivity index (χ0n) is 10.1. The van der Waals surface area contributed by atoms with Crippen LogP contribution in [0.3, 0.4) is 0 Å². The summed E-state index contributed by atoms with van der Waals surface area (Å²) in [4.78, 5) is 5.41. The quantitative estimate of drug-likeness (QED) is 0.475. The molecule has 0 amide bonds. The van der Waals surface area contributed by atoms with Gasteiger partial charge in [-0.3, -0.25) is 5.21 Å². The summed E-state index contributed by atoms with van der Waals surface area (Å²) in [7, 11) is 0. The van der Waals surface area contributed by atoms with Gasteiger partial charge in [0.05, 0.1) is 12.2 Å². The van der Waals surface area contributed by atoms with Gasteiger partial charge in [0.1, 0.15) is 0 Å². The molecule has 2 rings (SSSR count). The van der Waals surface area contributed by atoms with E-state index in [1.807, 2.05) is 5.48 Å². The average Bonchev–Trinajstić information content (AvgIpc) is 2.35. The molecule has 7 heteroatoms.